The lowest BCUT2D eigenvalue weighted by Gasteiger charge is -2.26. The lowest BCUT2D eigenvalue weighted by atomic mass is 10.1. The van der Waals surface area contributed by atoms with Gasteiger partial charge in [-0.3, -0.25) is 14.4 Å². The molecule has 0 aromatic heterocycles. The quantitative estimate of drug-likeness (QED) is 0.765. The van der Waals surface area contributed by atoms with Crippen molar-refractivity contribution in [3.05, 3.63) is 64.7 Å². The van der Waals surface area contributed by atoms with Gasteiger partial charge in [-0.15, -0.1) is 0 Å². The molecule has 3 amide bonds. The molecule has 0 spiro atoms. The molecule has 2 N–H and O–H groups in total. The third kappa shape index (κ3) is 6.15. The van der Waals surface area contributed by atoms with Gasteiger partial charge in [-0.05, 0) is 43.7 Å². The molecule has 0 unspecified atom stereocenters. The average Bonchev–Trinajstić information content (AvgIpc) is 2.73. The van der Waals surface area contributed by atoms with Gasteiger partial charge in [0.1, 0.15) is 0 Å². The van der Waals surface area contributed by atoms with Crippen LogP contribution in [0.3, 0.4) is 0 Å². The van der Waals surface area contributed by atoms with Gasteiger partial charge in [0.2, 0.25) is 11.8 Å². The zero-order valence-corrected chi connectivity index (χ0v) is 17.4. The van der Waals surface area contributed by atoms with Gasteiger partial charge < -0.3 is 20.3 Å². The first-order chi connectivity index (χ1) is 14.4. The van der Waals surface area contributed by atoms with E-state index in [0.717, 1.165) is 16.7 Å². The number of carbonyl (C=O) groups excluding carboxylic acids is 3. The van der Waals surface area contributed by atoms with E-state index in [-0.39, 0.29) is 24.3 Å². The van der Waals surface area contributed by atoms with Crippen LogP contribution in [0, 0.1) is 13.8 Å². The van der Waals surface area contributed by atoms with Gasteiger partial charge in [0.05, 0.1) is 26.2 Å². The molecule has 1 saturated heterocycles. The number of nitrogens with zero attached hydrogens (tertiary/aromatic N) is 1. The van der Waals surface area contributed by atoms with Crippen LogP contribution in [0.1, 0.15) is 27.0 Å². The van der Waals surface area contributed by atoms with Gasteiger partial charge in [0, 0.05) is 24.3 Å². The van der Waals surface area contributed by atoms with E-state index in [9.17, 15) is 14.4 Å². The van der Waals surface area contributed by atoms with E-state index in [1.165, 1.54) is 0 Å². The van der Waals surface area contributed by atoms with Crippen LogP contribution in [0.4, 0.5) is 5.69 Å². The van der Waals surface area contributed by atoms with Crippen LogP contribution in [0.25, 0.3) is 0 Å². The van der Waals surface area contributed by atoms with Crippen molar-refractivity contribution in [2.75, 3.05) is 38.2 Å². The summed E-state index contributed by atoms with van der Waals surface area (Å²) in [5, 5.41) is 5.39. The van der Waals surface area contributed by atoms with E-state index >= 15 is 0 Å². The number of aryl methyl sites for hydroxylation is 2. The van der Waals surface area contributed by atoms with E-state index in [1.54, 1.807) is 29.2 Å². The summed E-state index contributed by atoms with van der Waals surface area (Å²) in [4.78, 5) is 38.5. The fourth-order valence-electron chi connectivity index (χ4n) is 3.38. The number of nitrogens with one attached hydrogen (secondary N) is 2. The van der Waals surface area contributed by atoms with Crippen LogP contribution in [-0.4, -0.2) is 55.5 Å². The van der Waals surface area contributed by atoms with Gasteiger partial charge in [-0.25, -0.2) is 0 Å². The molecule has 1 aliphatic rings. The number of hydrogen-bond acceptors (Lipinski definition) is 4. The van der Waals surface area contributed by atoms with Crippen LogP contribution < -0.4 is 10.6 Å². The van der Waals surface area contributed by atoms with Crippen molar-refractivity contribution in [3.8, 4) is 0 Å². The van der Waals surface area contributed by atoms with E-state index in [1.807, 2.05) is 32.0 Å². The first kappa shape index (κ1) is 21.5. The second kappa shape index (κ2) is 10.0. The number of ether oxygens (including phenoxy) is 1. The summed E-state index contributed by atoms with van der Waals surface area (Å²) >= 11 is 0. The number of carbonyl (C=O) groups is 3. The summed E-state index contributed by atoms with van der Waals surface area (Å²) < 4.78 is 5.26. The van der Waals surface area contributed by atoms with Gasteiger partial charge in [-0.2, -0.15) is 0 Å². The summed E-state index contributed by atoms with van der Waals surface area (Å²) in [6.45, 7) is 6.14. The number of hydrogen-bond donors (Lipinski definition) is 2. The van der Waals surface area contributed by atoms with Crippen molar-refractivity contribution < 1.29 is 19.1 Å². The van der Waals surface area contributed by atoms with Crippen molar-refractivity contribution in [1.82, 2.24) is 10.2 Å². The molecule has 30 heavy (non-hydrogen) atoms. The number of anilines is 1. The predicted octanol–water partition coefficient (Wildman–Crippen LogP) is 2.07. The van der Waals surface area contributed by atoms with Crippen molar-refractivity contribution in [2.24, 2.45) is 0 Å². The maximum absolute atomic E-state index is 12.3. The molecule has 7 nitrogen and oxygen atoms in total. The van der Waals surface area contributed by atoms with Gasteiger partial charge in [-0.1, -0.05) is 29.3 Å². The lowest BCUT2D eigenvalue weighted by molar-refractivity contribution is -0.134. The minimum atomic E-state index is -0.315. The zero-order chi connectivity index (χ0) is 21.5. The smallest absolute Gasteiger partial charge is 0.251 e. The van der Waals surface area contributed by atoms with E-state index in [0.29, 0.717) is 44.0 Å². The minimum Gasteiger partial charge on any atom is -0.378 e. The fraction of sp³-hybridized carbons (Fsp3) is 0.348. The molecule has 0 bridgehead atoms. The zero-order valence-electron chi connectivity index (χ0n) is 17.4. The third-order valence-electron chi connectivity index (χ3n) is 4.85. The Hall–Kier alpha value is -3.19. The molecular weight excluding hydrogens is 382 g/mol. The number of benzene rings is 2. The normalized spacial score (nSPS) is 13.6. The molecule has 2 aromatic rings. The average molecular weight is 409 g/mol. The molecule has 7 heteroatoms. The number of morpholine rings is 1. The summed E-state index contributed by atoms with van der Waals surface area (Å²) in [5.41, 5.74) is 4.03. The molecule has 1 fully saturated rings. The van der Waals surface area contributed by atoms with Crippen LogP contribution in [0.2, 0.25) is 0 Å². The highest BCUT2D eigenvalue weighted by molar-refractivity contribution is 5.99. The maximum atomic E-state index is 12.3. The van der Waals surface area contributed by atoms with Crippen LogP contribution in [0.15, 0.2) is 42.5 Å². The number of rotatable bonds is 6. The highest BCUT2D eigenvalue weighted by Crippen LogP contribution is 2.12. The maximum Gasteiger partial charge on any atom is 0.251 e. The van der Waals surface area contributed by atoms with Crippen molar-refractivity contribution in [1.29, 1.82) is 0 Å². The van der Waals surface area contributed by atoms with Gasteiger partial charge >= 0.3 is 0 Å². The van der Waals surface area contributed by atoms with Gasteiger partial charge in [0.25, 0.3) is 5.91 Å². The first-order valence-corrected chi connectivity index (χ1v) is 10.0. The molecule has 1 heterocycles. The Morgan fingerprint density at radius 3 is 2.23 bits per heavy atom. The Bertz CT molecular complexity index is 898. The molecule has 2 aromatic carbocycles. The number of amides is 3. The Morgan fingerprint density at radius 2 is 1.60 bits per heavy atom. The molecular formula is C23H27N3O4. The summed E-state index contributed by atoms with van der Waals surface area (Å²) in [5.74, 6) is -0.525. The standard InChI is InChI=1S/C23H27N3O4/c1-16-11-17(2)13-19(12-16)23(29)24-15-21(27)25-20-5-3-18(4-6-20)14-22(28)26-7-9-30-10-8-26/h3-6,11-13H,7-10,14-15H2,1-2H3,(H,24,29)(H,25,27). The molecule has 3 rings (SSSR count). The SMILES string of the molecule is Cc1cc(C)cc(C(=O)NCC(=O)Nc2ccc(CC(=O)N3CCOCC3)cc2)c1. The highest BCUT2D eigenvalue weighted by Gasteiger charge is 2.17. The van der Waals surface area contributed by atoms with Crippen LogP contribution in [0.5, 0.6) is 0 Å². The Morgan fingerprint density at radius 1 is 0.967 bits per heavy atom. The van der Waals surface area contributed by atoms with E-state index in [2.05, 4.69) is 10.6 Å². The molecule has 0 radical (unpaired) electrons. The van der Waals surface area contributed by atoms with E-state index < -0.39 is 0 Å². The largest absolute Gasteiger partial charge is 0.378 e. The molecule has 0 saturated carbocycles. The predicted molar refractivity (Wildman–Crippen MR) is 114 cm³/mol. The minimum absolute atomic E-state index is 0.0733. The Labute approximate surface area is 176 Å². The Balaban J connectivity index is 1.47. The first-order valence-electron chi connectivity index (χ1n) is 10.0. The van der Waals surface area contributed by atoms with Crippen molar-refractivity contribution in [3.63, 3.8) is 0 Å². The molecule has 158 valence electrons. The lowest BCUT2D eigenvalue weighted by Crippen LogP contribution is -2.41. The molecule has 0 aliphatic carbocycles. The topological polar surface area (TPSA) is 87.7 Å². The summed E-state index contributed by atoms with van der Waals surface area (Å²) in [6, 6.07) is 12.7. The van der Waals surface area contributed by atoms with Gasteiger partial charge in [0.15, 0.2) is 0 Å². The second-order valence-corrected chi connectivity index (χ2v) is 7.47. The van der Waals surface area contributed by atoms with Crippen LogP contribution >= 0.6 is 0 Å². The third-order valence-corrected chi connectivity index (χ3v) is 4.85. The van der Waals surface area contributed by atoms with E-state index in [4.69, 9.17) is 4.74 Å². The molecule has 1 aliphatic heterocycles. The van der Waals surface area contributed by atoms with Crippen LogP contribution in [-0.2, 0) is 20.7 Å². The molecule has 0 atom stereocenters. The second-order valence-electron chi connectivity index (χ2n) is 7.47. The Kier molecular flexibility index (Phi) is 7.19. The van der Waals surface area contributed by atoms with Crippen molar-refractivity contribution in [2.45, 2.75) is 20.3 Å². The van der Waals surface area contributed by atoms with Crippen molar-refractivity contribution >= 4 is 23.4 Å². The summed E-state index contributed by atoms with van der Waals surface area (Å²) in [7, 11) is 0. The highest BCUT2D eigenvalue weighted by atomic mass is 16.5. The monoisotopic (exact) mass is 409 g/mol. The summed E-state index contributed by atoms with van der Waals surface area (Å²) in [6.07, 6.45) is 0.320. The fourth-order valence-corrected chi connectivity index (χ4v) is 3.38.